The fourth-order valence-corrected chi connectivity index (χ4v) is 2.81. The standard InChI is InChI=1S/C19H15ClN2O5/c1-11(23)27-17-15(20)9-12(10-16(17)26-2)8-14-18(24)21-22(19(14)25)13-6-4-3-5-7-13/h3-10H,1-2H3,(H,21,24). The van der Waals surface area contributed by atoms with Gasteiger partial charge in [-0.05, 0) is 35.9 Å². The van der Waals surface area contributed by atoms with Gasteiger partial charge in [-0.2, -0.15) is 0 Å². The Bertz CT molecular complexity index is 956. The summed E-state index contributed by atoms with van der Waals surface area (Å²) >= 11 is 6.16. The number of carbonyl (C=O) groups excluding carboxylic acids is 3. The number of carbonyl (C=O) groups is 3. The average Bonchev–Trinajstić information content (AvgIpc) is 2.92. The van der Waals surface area contributed by atoms with Crippen LogP contribution in [0, 0.1) is 0 Å². The van der Waals surface area contributed by atoms with Crippen molar-refractivity contribution in [1.29, 1.82) is 0 Å². The van der Waals surface area contributed by atoms with Crippen LogP contribution in [0.3, 0.4) is 0 Å². The zero-order valence-corrected chi connectivity index (χ0v) is 15.2. The Morgan fingerprint density at radius 2 is 1.89 bits per heavy atom. The molecule has 1 fully saturated rings. The van der Waals surface area contributed by atoms with E-state index in [2.05, 4.69) is 5.43 Å². The van der Waals surface area contributed by atoms with E-state index in [1.54, 1.807) is 24.3 Å². The minimum atomic E-state index is -0.551. The molecule has 2 aromatic carbocycles. The number of ether oxygens (including phenoxy) is 2. The highest BCUT2D eigenvalue weighted by molar-refractivity contribution is 6.33. The first kappa shape index (κ1) is 18.5. The highest BCUT2D eigenvalue weighted by atomic mass is 35.5. The molecular formula is C19H15ClN2O5. The molecule has 0 saturated carbocycles. The van der Waals surface area contributed by atoms with Gasteiger partial charge in [0, 0.05) is 6.92 Å². The van der Waals surface area contributed by atoms with Crippen LogP contribution in [-0.2, 0) is 14.4 Å². The van der Waals surface area contributed by atoms with E-state index in [4.69, 9.17) is 21.1 Å². The van der Waals surface area contributed by atoms with Crippen LogP contribution in [0.1, 0.15) is 12.5 Å². The van der Waals surface area contributed by atoms with Gasteiger partial charge in [-0.15, -0.1) is 0 Å². The quantitative estimate of drug-likeness (QED) is 0.378. The van der Waals surface area contributed by atoms with Crippen molar-refractivity contribution in [3.05, 3.63) is 58.6 Å². The Morgan fingerprint density at radius 3 is 2.52 bits per heavy atom. The van der Waals surface area contributed by atoms with Gasteiger partial charge in [-0.25, -0.2) is 5.01 Å². The number of para-hydroxylation sites is 1. The lowest BCUT2D eigenvalue weighted by Gasteiger charge is -2.14. The fourth-order valence-electron chi connectivity index (χ4n) is 2.55. The molecule has 7 nitrogen and oxygen atoms in total. The molecule has 1 heterocycles. The van der Waals surface area contributed by atoms with Crippen molar-refractivity contribution < 1.29 is 23.9 Å². The number of benzene rings is 2. The van der Waals surface area contributed by atoms with E-state index in [0.717, 1.165) is 0 Å². The molecule has 1 N–H and O–H groups in total. The molecule has 0 bridgehead atoms. The van der Waals surface area contributed by atoms with E-state index < -0.39 is 17.8 Å². The summed E-state index contributed by atoms with van der Waals surface area (Å²) in [5, 5.41) is 1.28. The zero-order valence-electron chi connectivity index (χ0n) is 14.5. The Hall–Kier alpha value is -3.32. The summed E-state index contributed by atoms with van der Waals surface area (Å²) in [4.78, 5) is 36.1. The van der Waals surface area contributed by atoms with E-state index in [-0.39, 0.29) is 22.1 Å². The highest BCUT2D eigenvalue weighted by Gasteiger charge is 2.34. The Labute approximate surface area is 160 Å². The summed E-state index contributed by atoms with van der Waals surface area (Å²) in [7, 11) is 1.39. The molecule has 27 heavy (non-hydrogen) atoms. The maximum Gasteiger partial charge on any atom is 0.308 e. The summed E-state index contributed by atoms with van der Waals surface area (Å²) in [5.41, 5.74) is 3.44. The SMILES string of the molecule is COc1cc(C=C2C(=O)NN(c3ccccc3)C2=O)cc(Cl)c1OC(C)=O. The van der Waals surface area contributed by atoms with Crippen molar-refractivity contribution in [3.8, 4) is 11.5 Å². The number of hydrogen-bond donors (Lipinski definition) is 1. The van der Waals surface area contributed by atoms with Crippen molar-refractivity contribution in [1.82, 2.24) is 5.43 Å². The molecule has 0 aromatic heterocycles. The molecule has 2 amide bonds. The number of halogens is 1. The molecule has 138 valence electrons. The van der Waals surface area contributed by atoms with Crippen LogP contribution in [0.25, 0.3) is 6.08 Å². The number of nitrogens with one attached hydrogen (secondary N) is 1. The van der Waals surface area contributed by atoms with E-state index >= 15 is 0 Å². The minimum absolute atomic E-state index is 0.0581. The van der Waals surface area contributed by atoms with Gasteiger partial charge in [0.05, 0.1) is 17.8 Å². The summed E-state index contributed by atoms with van der Waals surface area (Å²) in [5.74, 6) is -1.31. The Morgan fingerprint density at radius 1 is 1.19 bits per heavy atom. The molecule has 0 aliphatic carbocycles. The van der Waals surface area contributed by atoms with E-state index in [0.29, 0.717) is 11.3 Å². The minimum Gasteiger partial charge on any atom is -0.493 e. The summed E-state index contributed by atoms with van der Waals surface area (Å²) in [6.45, 7) is 1.24. The molecule has 1 aliphatic heterocycles. The summed E-state index contributed by atoms with van der Waals surface area (Å²) in [6, 6.07) is 11.7. The van der Waals surface area contributed by atoms with Crippen LogP contribution < -0.4 is 19.9 Å². The first-order valence-corrected chi connectivity index (χ1v) is 8.26. The van der Waals surface area contributed by atoms with Crippen molar-refractivity contribution in [2.75, 3.05) is 12.1 Å². The van der Waals surface area contributed by atoms with Crippen LogP contribution in [0.4, 0.5) is 5.69 Å². The molecule has 0 unspecified atom stereocenters. The van der Waals surface area contributed by atoms with Crippen LogP contribution >= 0.6 is 11.6 Å². The summed E-state index contributed by atoms with van der Waals surface area (Å²) < 4.78 is 10.2. The number of methoxy groups -OCH3 is 1. The van der Waals surface area contributed by atoms with Crippen molar-refractivity contribution in [3.63, 3.8) is 0 Å². The van der Waals surface area contributed by atoms with E-state index in [1.165, 1.54) is 37.3 Å². The van der Waals surface area contributed by atoms with Gasteiger partial charge in [-0.3, -0.25) is 19.8 Å². The number of nitrogens with zero attached hydrogens (tertiary/aromatic N) is 1. The van der Waals surface area contributed by atoms with Crippen LogP contribution in [0.15, 0.2) is 48.0 Å². The Balaban J connectivity index is 1.96. The zero-order chi connectivity index (χ0) is 19.6. The number of rotatable bonds is 4. The van der Waals surface area contributed by atoms with Gasteiger partial charge in [0.25, 0.3) is 11.8 Å². The van der Waals surface area contributed by atoms with E-state index in [9.17, 15) is 14.4 Å². The lowest BCUT2D eigenvalue weighted by Crippen LogP contribution is -2.35. The Kier molecular flexibility index (Phi) is 5.14. The van der Waals surface area contributed by atoms with Crippen molar-refractivity contribution in [2.45, 2.75) is 6.92 Å². The number of amides is 2. The topological polar surface area (TPSA) is 84.9 Å². The molecule has 1 saturated heterocycles. The maximum absolute atomic E-state index is 12.6. The highest BCUT2D eigenvalue weighted by Crippen LogP contribution is 2.37. The maximum atomic E-state index is 12.6. The third-order valence-corrected chi connectivity index (χ3v) is 4.00. The second-order valence-corrected chi connectivity index (χ2v) is 6.01. The van der Waals surface area contributed by atoms with Gasteiger partial charge >= 0.3 is 5.97 Å². The lowest BCUT2D eigenvalue weighted by molar-refractivity contribution is -0.132. The smallest absolute Gasteiger partial charge is 0.308 e. The number of esters is 1. The number of anilines is 1. The van der Waals surface area contributed by atoms with Crippen LogP contribution in [-0.4, -0.2) is 24.9 Å². The normalized spacial score (nSPS) is 15.1. The molecule has 2 aromatic rings. The van der Waals surface area contributed by atoms with Crippen LogP contribution in [0.5, 0.6) is 11.5 Å². The van der Waals surface area contributed by atoms with Gasteiger partial charge < -0.3 is 9.47 Å². The molecule has 0 spiro atoms. The second kappa shape index (κ2) is 7.51. The third kappa shape index (κ3) is 3.78. The first-order chi connectivity index (χ1) is 12.9. The average molecular weight is 387 g/mol. The predicted octanol–water partition coefficient (Wildman–Crippen LogP) is 2.74. The second-order valence-electron chi connectivity index (χ2n) is 5.60. The largest absolute Gasteiger partial charge is 0.493 e. The third-order valence-electron chi connectivity index (χ3n) is 3.71. The van der Waals surface area contributed by atoms with Crippen LogP contribution in [0.2, 0.25) is 5.02 Å². The predicted molar refractivity (Wildman–Crippen MR) is 99.4 cm³/mol. The fraction of sp³-hybridized carbons (Fsp3) is 0.105. The monoisotopic (exact) mass is 386 g/mol. The first-order valence-electron chi connectivity index (χ1n) is 7.89. The van der Waals surface area contributed by atoms with Gasteiger partial charge in [0.1, 0.15) is 5.57 Å². The molecule has 0 atom stereocenters. The van der Waals surface area contributed by atoms with E-state index in [1.807, 2.05) is 6.07 Å². The molecule has 3 rings (SSSR count). The number of hydrazine groups is 1. The van der Waals surface area contributed by atoms with Gasteiger partial charge in [0.15, 0.2) is 11.5 Å². The molecule has 8 heteroatoms. The molecular weight excluding hydrogens is 372 g/mol. The molecule has 1 aliphatic rings. The van der Waals surface area contributed by atoms with Gasteiger partial charge in [0.2, 0.25) is 0 Å². The lowest BCUT2D eigenvalue weighted by atomic mass is 10.1. The van der Waals surface area contributed by atoms with Gasteiger partial charge in [-0.1, -0.05) is 29.8 Å². The number of hydrogen-bond acceptors (Lipinski definition) is 5. The molecule has 0 radical (unpaired) electrons. The van der Waals surface area contributed by atoms with Crippen molar-refractivity contribution >= 4 is 41.1 Å². The van der Waals surface area contributed by atoms with Crippen molar-refractivity contribution in [2.24, 2.45) is 0 Å². The summed E-state index contributed by atoms with van der Waals surface area (Å²) in [6.07, 6.45) is 1.40.